The summed E-state index contributed by atoms with van der Waals surface area (Å²) < 4.78 is 73.4. The normalized spacial score (nSPS) is 15.2. The molecule has 0 heterocycles. The zero-order chi connectivity index (χ0) is 13.0. The lowest BCUT2D eigenvalue weighted by atomic mass is 10.1. The number of hydrogen-bond donors (Lipinski definition) is 0. The highest BCUT2D eigenvalue weighted by Gasteiger charge is 2.36. The Morgan fingerprint density at radius 2 is 1.44 bits per heavy atom. The van der Waals surface area contributed by atoms with Gasteiger partial charge in [-0.25, -0.2) is 0 Å². The Kier molecular flexibility index (Phi) is 4.83. The third-order valence-corrected chi connectivity index (χ3v) is 1.61. The van der Waals surface area contributed by atoms with Crippen LogP contribution < -0.4 is 0 Å². The minimum atomic E-state index is -4.83. The van der Waals surface area contributed by atoms with Gasteiger partial charge in [-0.3, -0.25) is 0 Å². The maximum Gasteiger partial charge on any atom is 0.416 e. The Morgan fingerprint density at radius 3 is 1.69 bits per heavy atom. The van der Waals surface area contributed by atoms with Gasteiger partial charge in [-0.1, -0.05) is 25.7 Å². The molecule has 0 aliphatic heterocycles. The smallest absolute Gasteiger partial charge is 0.166 e. The van der Waals surface area contributed by atoms with Crippen LogP contribution >= 0.6 is 0 Å². The van der Waals surface area contributed by atoms with Crippen LogP contribution in [0.3, 0.4) is 0 Å². The molecular weight excluding hydrogens is 234 g/mol. The summed E-state index contributed by atoms with van der Waals surface area (Å²) >= 11 is 0. The van der Waals surface area contributed by atoms with Gasteiger partial charge in [-0.15, -0.1) is 0 Å². The van der Waals surface area contributed by atoms with E-state index in [-0.39, 0.29) is 12.5 Å². The van der Waals surface area contributed by atoms with Crippen LogP contribution in [0, 0.1) is 0 Å². The van der Waals surface area contributed by atoms with E-state index in [0.717, 1.165) is 0 Å². The highest BCUT2D eigenvalue weighted by molar-refractivity contribution is 5.34. The third-order valence-electron chi connectivity index (χ3n) is 1.61. The molecule has 0 radical (unpaired) electrons. The molecule has 0 aromatic carbocycles. The monoisotopic (exact) mass is 244 g/mol. The fraction of sp³-hybridized carbons (Fsp3) is 0.400. The van der Waals surface area contributed by atoms with E-state index >= 15 is 0 Å². The van der Waals surface area contributed by atoms with Crippen LogP contribution in [0.5, 0.6) is 0 Å². The molecule has 0 bridgehead atoms. The van der Waals surface area contributed by atoms with Gasteiger partial charge in [0.2, 0.25) is 0 Å². The molecule has 0 aliphatic rings. The first-order chi connectivity index (χ1) is 7.12. The molecule has 0 unspecified atom stereocenters. The minimum absolute atomic E-state index is 0.00633. The van der Waals surface area contributed by atoms with Gasteiger partial charge in [0.15, 0.2) is 0 Å². The number of hydrogen-bond acceptors (Lipinski definition) is 0. The van der Waals surface area contributed by atoms with E-state index in [4.69, 9.17) is 0 Å². The van der Waals surface area contributed by atoms with Crippen molar-refractivity contribution in [3.8, 4) is 0 Å². The first-order valence-electron chi connectivity index (χ1n) is 4.31. The molecular formula is C10H10F6. The topological polar surface area (TPSA) is 0 Å². The summed E-state index contributed by atoms with van der Waals surface area (Å²) in [5.74, 6) is 0. The molecule has 0 saturated heterocycles. The molecule has 0 nitrogen and oxygen atoms in total. The summed E-state index contributed by atoms with van der Waals surface area (Å²) in [6, 6.07) is 0. The molecule has 6 heteroatoms. The quantitative estimate of drug-likeness (QED) is 0.504. The van der Waals surface area contributed by atoms with Crippen molar-refractivity contribution >= 4 is 0 Å². The summed E-state index contributed by atoms with van der Waals surface area (Å²) in [6.07, 6.45) is -8.54. The van der Waals surface area contributed by atoms with Crippen molar-refractivity contribution in [3.63, 3.8) is 0 Å². The van der Waals surface area contributed by atoms with E-state index in [0.29, 0.717) is 12.2 Å². The standard InChI is InChI=1S/C10H10F6/c1-3-5-8(10(14,15)16)6-7(4-2)9(11,12)13/h4-6H,2-3H2,1H3/b7-6+,8-5+. The molecule has 0 fully saturated rings. The van der Waals surface area contributed by atoms with Crippen molar-refractivity contribution in [2.24, 2.45) is 0 Å². The predicted molar refractivity (Wildman–Crippen MR) is 48.8 cm³/mol. The third kappa shape index (κ3) is 4.55. The number of rotatable bonds is 3. The van der Waals surface area contributed by atoms with Crippen molar-refractivity contribution in [2.45, 2.75) is 25.7 Å². The van der Waals surface area contributed by atoms with Crippen LogP contribution in [0.15, 0.2) is 36.0 Å². The molecule has 0 aromatic rings. The zero-order valence-corrected chi connectivity index (χ0v) is 8.41. The van der Waals surface area contributed by atoms with E-state index in [1.54, 1.807) is 0 Å². The number of halogens is 6. The molecule has 0 atom stereocenters. The summed E-state index contributed by atoms with van der Waals surface area (Å²) in [5.41, 5.74) is -2.73. The van der Waals surface area contributed by atoms with Gasteiger partial charge in [0.25, 0.3) is 0 Å². The van der Waals surface area contributed by atoms with Gasteiger partial charge in [0.1, 0.15) is 0 Å². The molecule has 0 aliphatic carbocycles. The van der Waals surface area contributed by atoms with Crippen molar-refractivity contribution in [2.75, 3.05) is 0 Å². The van der Waals surface area contributed by atoms with Crippen molar-refractivity contribution < 1.29 is 26.3 Å². The van der Waals surface area contributed by atoms with Crippen molar-refractivity contribution in [3.05, 3.63) is 36.0 Å². The molecule has 0 spiro atoms. The largest absolute Gasteiger partial charge is 0.416 e. The van der Waals surface area contributed by atoms with Crippen LogP contribution in [0.4, 0.5) is 26.3 Å². The lowest BCUT2D eigenvalue weighted by molar-refractivity contribution is -0.0934. The van der Waals surface area contributed by atoms with E-state index in [1.807, 2.05) is 0 Å². The second-order valence-corrected chi connectivity index (χ2v) is 2.87. The maximum atomic E-state index is 12.3. The molecule has 0 amide bonds. The van der Waals surface area contributed by atoms with Crippen LogP contribution in [0.25, 0.3) is 0 Å². The van der Waals surface area contributed by atoms with Gasteiger partial charge in [0, 0.05) is 0 Å². The Labute approximate surface area is 88.9 Å². The summed E-state index contributed by atoms with van der Waals surface area (Å²) in [7, 11) is 0. The average Bonchev–Trinajstić information content (AvgIpc) is 2.07. The molecule has 0 rings (SSSR count). The Morgan fingerprint density at radius 1 is 1.00 bits per heavy atom. The van der Waals surface area contributed by atoms with E-state index in [2.05, 4.69) is 6.58 Å². The minimum Gasteiger partial charge on any atom is -0.166 e. The number of alkyl halides is 6. The maximum absolute atomic E-state index is 12.3. The van der Waals surface area contributed by atoms with E-state index < -0.39 is 23.5 Å². The van der Waals surface area contributed by atoms with Crippen molar-refractivity contribution in [1.29, 1.82) is 0 Å². The lowest BCUT2D eigenvalue weighted by Gasteiger charge is -2.11. The van der Waals surface area contributed by atoms with Gasteiger partial charge < -0.3 is 0 Å². The number of allylic oxidation sites excluding steroid dienone is 5. The van der Waals surface area contributed by atoms with Crippen LogP contribution in [-0.2, 0) is 0 Å². The first-order valence-corrected chi connectivity index (χ1v) is 4.31. The van der Waals surface area contributed by atoms with E-state index in [1.165, 1.54) is 6.92 Å². The van der Waals surface area contributed by atoms with Crippen molar-refractivity contribution in [1.82, 2.24) is 0 Å². The van der Waals surface area contributed by atoms with Gasteiger partial charge >= 0.3 is 12.4 Å². The molecule has 0 aromatic heterocycles. The van der Waals surface area contributed by atoms with Crippen LogP contribution in [0.1, 0.15) is 13.3 Å². The average molecular weight is 244 g/mol. The Balaban J connectivity index is 5.36. The van der Waals surface area contributed by atoms with Gasteiger partial charge in [-0.05, 0) is 12.5 Å². The van der Waals surface area contributed by atoms with Crippen LogP contribution in [0.2, 0.25) is 0 Å². The fourth-order valence-electron chi connectivity index (χ4n) is 0.900. The molecule has 16 heavy (non-hydrogen) atoms. The highest BCUT2D eigenvalue weighted by atomic mass is 19.4. The SMILES string of the molecule is C=C/C(=C\C(=C/CC)C(F)(F)F)C(F)(F)F. The lowest BCUT2D eigenvalue weighted by Crippen LogP contribution is -2.15. The Hall–Kier alpha value is -1.20. The second kappa shape index (κ2) is 5.23. The van der Waals surface area contributed by atoms with Gasteiger partial charge in [-0.2, -0.15) is 26.3 Å². The highest BCUT2D eigenvalue weighted by Crippen LogP contribution is 2.32. The van der Waals surface area contributed by atoms with E-state index in [9.17, 15) is 26.3 Å². The fourth-order valence-corrected chi connectivity index (χ4v) is 0.900. The molecule has 0 N–H and O–H groups in total. The predicted octanol–water partition coefficient (Wildman–Crippen LogP) is 4.56. The second-order valence-electron chi connectivity index (χ2n) is 2.87. The summed E-state index contributed by atoms with van der Waals surface area (Å²) in [5, 5.41) is 0. The Bertz CT molecular complexity index is 302. The first kappa shape index (κ1) is 14.8. The summed E-state index contributed by atoms with van der Waals surface area (Å²) in [4.78, 5) is 0. The molecule has 0 saturated carbocycles. The van der Waals surface area contributed by atoms with Crippen LogP contribution in [-0.4, -0.2) is 12.4 Å². The zero-order valence-electron chi connectivity index (χ0n) is 8.41. The van der Waals surface area contributed by atoms with Gasteiger partial charge in [0.05, 0.1) is 11.1 Å². The molecule has 92 valence electrons. The summed E-state index contributed by atoms with van der Waals surface area (Å²) in [6.45, 7) is 4.24.